The predicted octanol–water partition coefficient (Wildman–Crippen LogP) is 4.89. The summed E-state index contributed by atoms with van der Waals surface area (Å²) in [6, 6.07) is 16.0. The van der Waals surface area contributed by atoms with Crippen LogP contribution in [0, 0.1) is 6.92 Å². The van der Waals surface area contributed by atoms with Crippen molar-refractivity contribution in [2.24, 2.45) is 0 Å². The highest BCUT2D eigenvalue weighted by atomic mass is 16.5. The van der Waals surface area contributed by atoms with Gasteiger partial charge < -0.3 is 24.3 Å². The molecule has 1 saturated heterocycles. The van der Waals surface area contributed by atoms with Gasteiger partial charge in [-0.3, -0.25) is 0 Å². The van der Waals surface area contributed by atoms with Gasteiger partial charge in [0.15, 0.2) is 0 Å². The van der Waals surface area contributed by atoms with Gasteiger partial charge in [0.25, 0.3) is 0 Å². The minimum absolute atomic E-state index is 0.364. The summed E-state index contributed by atoms with van der Waals surface area (Å²) < 4.78 is 12.7. The first kappa shape index (κ1) is 23.4. The summed E-state index contributed by atoms with van der Waals surface area (Å²) in [5.41, 5.74) is 5.34. The molecule has 1 aliphatic heterocycles. The minimum Gasteiger partial charge on any atom is -0.465 e. The van der Waals surface area contributed by atoms with Crippen LogP contribution >= 0.6 is 0 Å². The third kappa shape index (κ3) is 4.62. The number of nitrogens with zero attached hydrogens (tertiary/aromatic N) is 5. The first-order valence-electron chi connectivity index (χ1n) is 12.8. The lowest BCUT2D eigenvalue weighted by Crippen LogP contribution is -2.37. The lowest BCUT2D eigenvalue weighted by atomic mass is 9.92. The second-order valence-corrected chi connectivity index (χ2v) is 9.55. The van der Waals surface area contributed by atoms with Gasteiger partial charge in [-0.15, -0.1) is 0 Å². The van der Waals surface area contributed by atoms with E-state index in [0.717, 1.165) is 46.9 Å². The Morgan fingerprint density at radius 1 is 1.03 bits per heavy atom. The fourth-order valence-corrected chi connectivity index (χ4v) is 4.99. The molecule has 1 saturated carbocycles. The maximum absolute atomic E-state index is 11.8. The molecule has 1 N–H and O–H groups in total. The summed E-state index contributed by atoms with van der Waals surface area (Å²) in [6.07, 6.45) is 3.68. The quantitative estimate of drug-likeness (QED) is 0.376. The number of carbonyl (C=O) groups is 1. The van der Waals surface area contributed by atoms with Crippen molar-refractivity contribution in [1.82, 2.24) is 19.5 Å². The summed E-state index contributed by atoms with van der Waals surface area (Å²) in [4.78, 5) is 28.6. The molecule has 0 spiro atoms. The molecule has 190 valence electrons. The molecule has 1 aliphatic carbocycles. The topological polar surface area (TPSA) is 94.4 Å². The molecule has 0 radical (unpaired) electrons. The standard InChI is InChI=1S/C28H30N6O3/c1-18-29-23-11-8-20(16-25(23)34(18)22-4-3-5-22)24-17-26(32-28(31-24)33-12-14-37-15-13-33)30-21-9-6-19(7-10-21)27(35)36-2/h6-11,16-17,22H,3-5,12-15H2,1-2H3,(H,30,31,32). The molecule has 2 fully saturated rings. The van der Waals surface area contributed by atoms with Crippen LogP contribution in [0.3, 0.4) is 0 Å². The molecule has 3 heterocycles. The van der Waals surface area contributed by atoms with E-state index in [9.17, 15) is 4.79 Å². The lowest BCUT2D eigenvalue weighted by Gasteiger charge is -2.28. The third-order valence-corrected chi connectivity index (χ3v) is 7.19. The molecule has 0 bridgehead atoms. The van der Waals surface area contributed by atoms with E-state index in [-0.39, 0.29) is 5.97 Å². The molecule has 2 aromatic heterocycles. The summed E-state index contributed by atoms with van der Waals surface area (Å²) in [5, 5.41) is 3.39. The number of methoxy groups -OCH3 is 1. The molecule has 0 amide bonds. The Labute approximate surface area is 215 Å². The number of anilines is 3. The summed E-state index contributed by atoms with van der Waals surface area (Å²) >= 11 is 0. The van der Waals surface area contributed by atoms with Crippen LogP contribution in [-0.4, -0.2) is 58.9 Å². The van der Waals surface area contributed by atoms with Gasteiger partial charge in [-0.1, -0.05) is 6.07 Å². The van der Waals surface area contributed by atoms with E-state index < -0.39 is 0 Å². The van der Waals surface area contributed by atoms with Gasteiger partial charge in [-0.25, -0.2) is 14.8 Å². The van der Waals surface area contributed by atoms with Crippen molar-refractivity contribution in [2.45, 2.75) is 32.2 Å². The Balaban J connectivity index is 1.38. The number of hydrogen-bond donors (Lipinski definition) is 1. The zero-order valence-corrected chi connectivity index (χ0v) is 21.1. The van der Waals surface area contributed by atoms with E-state index in [2.05, 4.69) is 39.9 Å². The fourth-order valence-electron chi connectivity index (χ4n) is 4.99. The molecule has 2 aliphatic rings. The smallest absolute Gasteiger partial charge is 0.337 e. The van der Waals surface area contributed by atoms with Gasteiger partial charge in [0, 0.05) is 36.4 Å². The lowest BCUT2D eigenvalue weighted by molar-refractivity contribution is 0.0600. The number of aryl methyl sites for hydroxylation is 1. The van der Waals surface area contributed by atoms with Crippen LogP contribution < -0.4 is 10.2 Å². The van der Waals surface area contributed by atoms with E-state index in [1.807, 2.05) is 18.2 Å². The van der Waals surface area contributed by atoms with Gasteiger partial charge in [0.1, 0.15) is 11.6 Å². The summed E-state index contributed by atoms with van der Waals surface area (Å²) in [5.74, 6) is 2.04. The average Bonchev–Trinajstić information content (AvgIpc) is 3.22. The summed E-state index contributed by atoms with van der Waals surface area (Å²) in [6.45, 7) is 4.87. The van der Waals surface area contributed by atoms with Crippen molar-refractivity contribution in [3.8, 4) is 11.3 Å². The number of hydrogen-bond acceptors (Lipinski definition) is 8. The number of morpholine rings is 1. The fraction of sp³-hybridized carbons (Fsp3) is 0.357. The number of carbonyl (C=O) groups excluding carboxylic acids is 1. The van der Waals surface area contributed by atoms with Crippen molar-refractivity contribution < 1.29 is 14.3 Å². The molecule has 0 unspecified atom stereocenters. The monoisotopic (exact) mass is 498 g/mol. The van der Waals surface area contributed by atoms with E-state index in [1.54, 1.807) is 12.1 Å². The number of nitrogens with one attached hydrogen (secondary N) is 1. The SMILES string of the molecule is COC(=O)c1ccc(Nc2cc(-c3ccc4nc(C)n(C5CCC5)c4c3)nc(N3CCOCC3)n2)cc1. The third-order valence-electron chi connectivity index (χ3n) is 7.19. The Kier molecular flexibility index (Phi) is 6.21. The molecule has 6 rings (SSSR count). The van der Waals surface area contributed by atoms with Gasteiger partial charge in [-0.05, 0) is 62.6 Å². The van der Waals surface area contributed by atoms with Gasteiger partial charge >= 0.3 is 5.97 Å². The molecule has 2 aromatic carbocycles. The zero-order chi connectivity index (χ0) is 25.4. The van der Waals surface area contributed by atoms with Crippen molar-refractivity contribution in [3.05, 3.63) is 59.9 Å². The van der Waals surface area contributed by atoms with Crippen LogP contribution in [0.25, 0.3) is 22.3 Å². The zero-order valence-electron chi connectivity index (χ0n) is 21.1. The van der Waals surface area contributed by atoms with Gasteiger partial charge in [0.2, 0.25) is 5.95 Å². The molecule has 4 aromatic rings. The number of fused-ring (bicyclic) bond motifs is 1. The molecular weight excluding hydrogens is 468 g/mol. The second kappa shape index (κ2) is 9.82. The van der Waals surface area contributed by atoms with Crippen LogP contribution in [0.4, 0.5) is 17.5 Å². The molecule has 0 atom stereocenters. The van der Waals surface area contributed by atoms with E-state index >= 15 is 0 Å². The van der Waals surface area contributed by atoms with Crippen molar-refractivity contribution in [3.63, 3.8) is 0 Å². The van der Waals surface area contributed by atoms with E-state index in [0.29, 0.717) is 36.6 Å². The number of esters is 1. The van der Waals surface area contributed by atoms with Crippen molar-refractivity contribution in [1.29, 1.82) is 0 Å². The Bertz CT molecular complexity index is 1440. The van der Waals surface area contributed by atoms with Gasteiger partial charge in [-0.2, -0.15) is 4.98 Å². The number of ether oxygens (including phenoxy) is 2. The molecular formula is C28H30N6O3. The summed E-state index contributed by atoms with van der Waals surface area (Å²) in [7, 11) is 1.38. The Morgan fingerprint density at radius 2 is 1.81 bits per heavy atom. The first-order valence-corrected chi connectivity index (χ1v) is 12.8. The van der Waals surface area contributed by atoms with Crippen molar-refractivity contribution >= 4 is 34.5 Å². The number of aromatic nitrogens is 4. The predicted molar refractivity (Wildman–Crippen MR) is 142 cm³/mol. The van der Waals surface area contributed by atoms with Crippen LogP contribution in [-0.2, 0) is 9.47 Å². The van der Waals surface area contributed by atoms with E-state index in [1.165, 1.54) is 26.4 Å². The van der Waals surface area contributed by atoms with Crippen LogP contribution in [0.15, 0.2) is 48.5 Å². The van der Waals surface area contributed by atoms with Crippen LogP contribution in [0.2, 0.25) is 0 Å². The maximum Gasteiger partial charge on any atom is 0.337 e. The van der Waals surface area contributed by atoms with Crippen molar-refractivity contribution in [2.75, 3.05) is 43.6 Å². The van der Waals surface area contributed by atoms with Crippen LogP contribution in [0.5, 0.6) is 0 Å². The number of benzene rings is 2. The normalized spacial score (nSPS) is 16.0. The minimum atomic E-state index is -0.364. The Hall–Kier alpha value is -3.98. The first-order chi connectivity index (χ1) is 18.1. The molecule has 9 heteroatoms. The molecule has 37 heavy (non-hydrogen) atoms. The largest absolute Gasteiger partial charge is 0.465 e. The number of imidazole rings is 1. The Morgan fingerprint density at radius 3 is 2.51 bits per heavy atom. The van der Waals surface area contributed by atoms with Crippen LogP contribution in [0.1, 0.15) is 41.5 Å². The highest BCUT2D eigenvalue weighted by Gasteiger charge is 2.24. The second-order valence-electron chi connectivity index (χ2n) is 9.55. The maximum atomic E-state index is 11.8. The highest BCUT2D eigenvalue weighted by molar-refractivity contribution is 5.90. The number of rotatable bonds is 6. The average molecular weight is 499 g/mol. The highest BCUT2D eigenvalue weighted by Crippen LogP contribution is 2.36. The van der Waals surface area contributed by atoms with E-state index in [4.69, 9.17) is 24.4 Å². The molecule has 9 nitrogen and oxygen atoms in total. The van der Waals surface area contributed by atoms with Gasteiger partial charge in [0.05, 0.1) is 42.6 Å².